The van der Waals surface area contributed by atoms with Gasteiger partial charge in [0.2, 0.25) is 11.8 Å². The number of hydrogen-bond acceptors (Lipinski definition) is 4. The van der Waals surface area contributed by atoms with Crippen LogP contribution in [0.15, 0.2) is 54.6 Å². The molecule has 2 aromatic carbocycles. The van der Waals surface area contributed by atoms with Crippen molar-refractivity contribution in [3.05, 3.63) is 65.7 Å². The van der Waals surface area contributed by atoms with E-state index in [2.05, 4.69) is 22.3 Å². The van der Waals surface area contributed by atoms with E-state index in [4.69, 9.17) is 4.74 Å². The zero-order valence-corrected chi connectivity index (χ0v) is 17.6. The standard InChI is InChI=1S/C24H29N3O3/c1-25-23(29)21-14-26(13-19-6-4-3-5-7-19)15-24(21)16-27(17-24)22(28)12-18-8-10-20(30-2)11-9-18/h3-11,21H,12-17H2,1-2H3,(H,25,29). The third-order valence-electron chi connectivity index (χ3n) is 6.41. The number of carbonyl (C=O) groups excluding carboxylic acids is 2. The Balaban J connectivity index is 1.40. The molecule has 4 rings (SSSR count). The molecule has 0 aromatic heterocycles. The van der Waals surface area contributed by atoms with Gasteiger partial charge in [0.1, 0.15) is 5.75 Å². The van der Waals surface area contributed by atoms with E-state index in [0.29, 0.717) is 19.5 Å². The SMILES string of the molecule is CNC(=O)C1CN(Cc2ccccc2)CC12CN(C(=O)Cc1ccc(OC)cc1)C2. The summed E-state index contributed by atoms with van der Waals surface area (Å²) in [5.74, 6) is 0.888. The molecule has 0 radical (unpaired) electrons. The van der Waals surface area contributed by atoms with Gasteiger partial charge in [0, 0.05) is 45.2 Å². The molecule has 2 fully saturated rings. The number of benzene rings is 2. The maximum atomic E-state index is 12.8. The highest BCUT2D eigenvalue weighted by Gasteiger charge is 2.57. The predicted molar refractivity (Wildman–Crippen MR) is 115 cm³/mol. The van der Waals surface area contributed by atoms with Gasteiger partial charge in [0.05, 0.1) is 19.4 Å². The van der Waals surface area contributed by atoms with Crippen molar-refractivity contribution < 1.29 is 14.3 Å². The van der Waals surface area contributed by atoms with E-state index < -0.39 is 0 Å². The van der Waals surface area contributed by atoms with Gasteiger partial charge in [-0.05, 0) is 23.3 Å². The van der Waals surface area contributed by atoms with Crippen molar-refractivity contribution in [2.45, 2.75) is 13.0 Å². The third-order valence-corrected chi connectivity index (χ3v) is 6.41. The lowest BCUT2D eigenvalue weighted by Gasteiger charge is -2.50. The fourth-order valence-electron chi connectivity index (χ4n) is 4.81. The highest BCUT2D eigenvalue weighted by atomic mass is 16.5. The highest BCUT2D eigenvalue weighted by Crippen LogP contribution is 2.44. The molecule has 2 aliphatic heterocycles. The van der Waals surface area contributed by atoms with E-state index in [9.17, 15) is 9.59 Å². The summed E-state index contributed by atoms with van der Waals surface area (Å²) in [5, 5.41) is 2.83. The highest BCUT2D eigenvalue weighted by molar-refractivity contribution is 5.83. The minimum Gasteiger partial charge on any atom is -0.497 e. The molecule has 2 saturated heterocycles. The van der Waals surface area contributed by atoms with Crippen LogP contribution in [0.4, 0.5) is 0 Å². The molecule has 2 aromatic rings. The monoisotopic (exact) mass is 407 g/mol. The molecule has 0 bridgehead atoms. The molecule has 2 aliphatic rings. The van der Waals surface area contributed by atoms with Crippen LogP contribution >= 0.6 is 0 Å². The van der Waals surface area contributed by atoms with E-state index >= 15 is 0 Å². The van der Waals surface area contributed by atoms with Gasteiger partial charge in [-0.25, -0.2) is 0 Å². The molecular formula is C24H29N3O3. The van der Waals surface area contributed by atoms with E-state index in [0.717, 1.165) is 30.9 Å². The van der Waals surface area contributed by atoms with Crippen molar-refractivity contribution in [2.75, 3.05) is 40.3 Å². The molecule has 0 saturated carbocycles. The molecule has 1 spiro atoms. The van der Waals surface area contributed by atoms with E-state index in [1.165, 1.54) is 5.56 Å². The Labute approximate surface area is 177 Å². The molecule has 6 heteroatoms. The Morgan fingerprint density at radius 1 is 1.03 bits per heavy atom. The van der Waals surface area contributed by atoms with Crippen LogP contribution in [0, 0.1) is 11.3 Å². The van der Waals surface area contributed by atoms with E-state index in [1.54, 1.807) is 14.2 Å². The number of amides is 2. The third kappa shape index (κ3) is 4.05. The van der Waals surface area contributed by atoms with Gasteiger partial charge < -0.3 is 15.0 Å². The maximum absolute atomic E-state index is 12.8. The number of rotatable bonds is 6. The number of carbonyl (C=O) groups is 2. The van der Waals surface area contributed by atoms with Gasteiger partial charge in [-0.1, -0.05) is 42.5 Å². The Morgan fingerprint density at radius 3 is 2.37 bits per heavy atom. The van der Waals surface area contributed by atoms with Crippen LogP contribution < -0.4 is 10.1 Å². The van der Waals surface area contributed by atoms with Crippen molar-refractivity contribution in [2.24, 2.45) is 11.3 Å². The molecular weight excluding hydrogens is 378 g/mol. The van der Waals surface area contributed by atoms with Crippen LogP contribution in [0.2, 0.25) is 0 Å². The van der Waals surface area contributed by atoms with E-state index in [-0.39, 0.29) is 23.1 Å². The molecule has 2 amide bonds. The summed E-state index contributed by atoms with van der Waals surface area (Å²) in [7, 11) is 3.33. The normalized spacial score (nSPS) is 20.1. The first-order valence-electron chi connectivity index (χ1n) is 10.4. The first-order chi connectivity index (χ1) is 14.5. The zero-order valence-electron chi connectivity index (χ0n) is 17.6. The summed E-state index contributed by atoms with van der Waals surface area (Å²) in [6.45, 7) is 3.69. The Kier molecular flexibility index (Phi) is 5.77. The van der Waals surface area contributed by atoms with Gasteiger partial charge in [-0.15, -0.1) is 0 Å². The summed E-state index contributed by atoms with van der Waals surface area (Å²) < 4.78 is 5.18. The van der Waals surface area contributed by atoms with Crippen LogP contribution in [-0.2, 0) is 22.6 Å². The van der Waals surface area contributed by atoms with Crippen molar-refractivity contribution in [1.29, 1.82) is 0 Å². The molecule has 2 heterocycles. The second-order valence-corrected chi connectivity index (χ2v) is 8.46. The Hall–Kier alpha value is -2.86. The zero-order chi connectivity index (χ0) is 21.1. The second kappa shape index (κ2) is 8.48. The van der Waals surface area contributed by atoms with Gasteiger partial charge in [0.15, 0.2) is 0 Å². The van der Waals surface area contributed by atoms with Gasteiger partial charge in [0.25, 0.3) is 0 Å². The average Bonchev–Trinajstić information content (AvgIpc) is 3.13. The predicted octanol–water partition coefficient (Wildman–Crippen LogP) is 1.94. The number of methoxy groups -OCH3 is 1. The van der Waals surface area contributed by atoms with Gasteiger partial charge in [-0.2, -0.15) is 0 Å². The summed E-state index contributed by atoms with van der Waals surface area (Å²) >= 11 is 0. The minimum atomic E-state index is -0.148. The number of nitrogens with zero attached hydrogens (tertiary/aromatic N) is 2. The van der Waals surface area contributed by atoms with Crippen LogP contribution in [0.1, 0.15) is 11.1 Å². The van der Waals surface area contributed by atoms with E-state index in [1.807, 2.05) is 47.4 Å². The quantitative estimate of drug-likeness (QED) is 0.795. The van der Waals surface area contributed by atoms with Crippen molar-refractivity contribution in [1.82, 2.24) is 15.1 Å². The number of likely N-dealkylation sites (tertiary alicyclic amines) is 2. The first-order valence-corrected chi connectivity index (χ1v) is 10.4. The molecule has 1 unspecified atom stereocenters. The van der Waals surface area contributed by atoms with Crippen LogP contribution in [0.3, 0.4) is 0 Å². The molecule has 158 valence electrons. The number of ether oxygens (including phenoxy) is 1. The Morgan fingerprint density at radius 2 is 1.73 bits per heavy atom. The van der Waals surface area contributed by atoms with Gasteiger partial charge in [-0.3, -0.25) is 14.5 Å². The largest absolute Gasteiger partial charge is 0.497 e. The lowest BCUT2D eigenvalue weighted by Crippen LogP contribution is -2.64. The maximum Gasteiger partial charge on any atom is 0.227 e. The topological polar surface area (TPSA) is 61.9 Å². The second-order valence-electron chi connectivity index (χ2n) is 8.46. The molecule has 30 heavy (non-hydrogen) atoms. The van der Waals surface area contributed by atoms with Crippen molar-refractivity contribution in [3.63, 3.8) is 0 Å². The van der Waals surface area contributed by atoms with Gasteiger partial charge >= 0.3 is 0 Å². The summed E-state index contributed by atoms with van der Waals surface area (Å²) in [5.41, 5.74) is 2.07. The lowest BCUT2D eigenvalue weighted by molar-refractivity contribution is -0.149. The van der Waals surface area contributed by atoms with Crippen LogP contribution in [0.5, 0.6) is 5.75 Å². The molecule has 1 atom stereocenters. The number of hydrogen-bond donors (Lipinski definition) is 1. The fraction of sp³-hybridized carbons (Fsp3) is 0.417. The smallest absolute Gasteiger partial charge is 0.227 e. The summed E-state index contributed by atoms with van der Waals surface area (Å²) in [4.78, 5) is 29.6. The van der Waals surface area contributed by atoms with Crippen molar-refractivity contribution >= 4 is 11.8 Å². The molecule has 1 N–H and O–H groups in total. The summed E-state index contributed by atoms with van der Waals surface area (Å²) in [6, 6.07) is 17.9. The fourth-order valence-corrected chi connectivity index (χ4v) is 4.81. The number of nitrogens with one attached hydrogen (secondary N) is 1. The molecule has 0 aliphatic carbocycles. The van der Waals surface area contributed by atoms with Crippen LogP contribution in [0.25, 0.3) is 0 Å². The molecule has 6 nitrogen and oxygen atoms in total. The first kappa shape index (κ1) is 20.4. The lowest BCUT2D eigenvalue weighted by atomic mass is 9.71. The Bertz CT molecular complexity index is 892. The summed E-state index contributed by atoms with van der Waals surface area (Å²) in [6.07, 6.45) is 0.373. The minimum absolute atomic E-state index is 0.0767. The average molecular weight is 408 g/mol. The van der Waals surface area contributed by atoms with Crippen molar-refractivity contribution in [3.8, 4) is 5.75 Å². The van der Waals surface area contributed by atoms with Crippen LogP contribution in [-0.4, -0.2) is 62.0 Å².